The first-order valence-electron chi connectivity index (χ1n) is 8.63. The Morgan fingerprint density at radius 3 is 3.00 bits per heavy atom. The Morgan fingerprint density at radius 2 is 2.28 bits per heavy atom. The molecule has 134 valence electrons. The van der Waals surface area contributed by atoms with Crippen LogP contribution in [0.1, 0.15) is 43.3 Å². The van der Waals surface area contributed by atoms with Gasteiger partial charge in [-0.05, 0) is 23.8 Å². The van der Waals surface area contributed by atoms with Crippen molar-refractivity contribution in [1.29, 1.82) is 0 Å². The molecule has 1 N–H and O–H groups in total. The average Bonchev–Trinajstić information content (AvgIpc) is 3.27. The van der Waals surface area contributed by atoms with Crippen molar-refractivity contribution in [2.24, 2.45) is 5.92 Å². The van der Waals surface area contributed by atoms with Crippen LogP contribution in [0.25, 0.3) is 0 Å². The van der Waals surface area contributed by atoms with Gasteiger partial charge in [-0.1, -0.05) is 19.9 Å². The molecule has 0 radical (unpaired) electrons. The van der Waals surface area contributed by atoms with E-state index in [1.165, 1.54) is 0 Å². The molecule has 2 aromatic heterocycles. The highest BCUT2D eigenvalue weighted by molar-refractivity contribution is 7.09. The van der Waals surface area contributed by atoms with E-state index in [1.54, 1.807) is 28.8 Å². The molecule has 3 heterocycles. The third-order valence-electron chi connectivity index (χ3n) is 4.44. The molecule has 1 atom stereocenters. The minimum Gasteiger partial charge on any atom is -0.349 e. The van der Waals surface area contributed by atoms with Crippen LogP contribution in [0.4, 0.5) is 0 Å². The highest BCUT2D eigenvalue weighted by atomic mass is 32.1. The fraction of sp³-hybridized carbons (Fsp3) is 0.500. The first-order valence-corrected chi connectivity index (χ1v) is 9.51. The van der Waals surface area contributed by atoms with E-state index in [4.69, 9.17) is 0 Å². The van der Waals surface area contributed by atoms with Crippen LogP contribution in [0.5, 0.6) is 0 Å². The van der Waals surface area contributed by atoms with Crippen molar-refractivity contribution in [1.82, 2.24) is 19.8 Å². The summed E-state index contributed by atoms with van der Waals surface area (Å²) in [5.41, 5.74) is 0.903. The first-order chi connectivity index (χ1) is 12.0. The monoisotopic (exact) mass is 360 g/mol. The maximum Gasteiger partial charge on any atom is 0.245 e. The van der Waals surface area contributed by atoms with Gasteiger partial charge in [0.05, 0.1) is 31.7 Å². The molecule has 1 aliphatic rings. The van der Waals surface area contributed by atoms with E-state index in [0.29, 0.717) is 32.0 Å². The summed E-state index contributed by atoms with van der Waals surface area (Å²) in [6.07, 6.45) is 4.81. The fourth-order valence-corrected chi connectivity index (χ4v) is 3.61. The molecular formula is C18H24N4O2S. The summed E-state index contributed by atoms with van der Waals surface area (Å²) in [7, 11) is 0. The zero-order valence-electron chi connectivity index (χ0n) is 14.6. The van der Waals surface area contributed by atoms with Gasteiger partial charge >= 0.3 is 0 Å². The predicted molar refractivity (Wildman–Crippen MR) is 96.9 cm³/mol. The van der Waals surface area contributed by atoms with Crippen molar-refractivity contribution in [2.45, 2.75) is 45.8 Å². The molecule has 6 nitrogen and oxygen atoms in total. The molecule has 2 aromatic rings. The van der Waals surface area contributed by atoms with Crippen LogP contribution in [0.3, 0.4) is 0 Å². The number of thiophene rings is 1. The third kappa shape index (κ3) is 4.28. The quantitative estimate of drug-likeness (QED) is 0.861. The van der Waals surface area contributed by atoms with Crippen LogP contribution in [0, 0.1) is 5.92 Å². The fourth-order valence-electron chi connectivity index (χ4n) is 2.97. The van der Waals surface area contributed by atoms with E-state index in [1.807, 2.05) is 22.1 Å². The van der Waals surface area contributed by atoms with Crippen molar-refractivity contribution >= 4 is 23.2 Å². The Bertz CT molecular complexity index is 723. The maximum atomic E-state index is 12.7. The molecule has 0 saturated heterocycles. The molecule has 3 rings (SSSR count). The minimum absolute atomic E-state index is 0.0750. The van der Waals surface area contributed by atoms with E-state index < -0.39 is 6.04 Å². The molecule has 25 heavy (non-hydrogen) atoms. The first kappa shape index (κ1) is 17.7. The number of imidazole rings is 1. The molecular weight excluding hydrogens is 336 g/mol. The number of hydrogen-bond donors (Lipinski definition) is 1. The Kier molecular flexibility index (Phi) is 5.53. The number of amides is 2. The number of fused-ring (bicyclic) bond motifs is 1. The van der Waals surface area contributed by atoms with Crippen molar-refractivity contribution in [3.63, 3.8) is 0 Å². The molecule has 0 aliphatic carbocycles. The van der Waals surface area contributed by atoms with Crippen LogP contribution >= 0.6 is 11.3 Å². The molecule has 0 bridgehead atoms. The highest BCUT2D eigenvalue weighted by Gasteiger charge is 2.32. The highest BCUT2D eigenvalue weighted by Crippen LogP contribution is 2.22. The maximum absolute atomic E-state index is 12.7. The Balaban J connectivity index is 1.67. The van der Waals surface area contributed by atoms with Crippen LogP contribution < -0.4 is 5.32 Å². The molecule has 0 unspecified atom stereocenters. The summed E-state index contributed by atoms with van der Waals surface area (Å²) < 4.78 is 1.88. The second-order valence-corrected chi connectivity index (χ2v) is 7.84. The van der Waals surface area contributed by atoms with Crippen LogP contribution in [-0.2, 0) is 22.7 Å². The molecule has 0 spiro atoms. The summed E-state index contributed by atoms with van der Waals surface area (Å²) in [5.74, 6) is 0.523. The molecule has 0 aromatic carbocycles. The van der Waals surface area contributed by atoms with Crippen LogP contribution in [0.15, 0.2) is 30.0 Å². The van der Waals surface area contributed by atoms with E-state index >= 15 is 0 Å². The molecule has 7 heteroatoms. The van der Waals surface area contributed by atoms with E-state index in [0.717, 1.165) is 17.0 Å². The van der Waals surface area contributed by atoms with Gasteiger partial charge in [0.25, 0.3) is 0 Å². The number of rotatable bonds is 6. The van der Waals surface area contributed by atoms with E-state index in [9.17, 15) is 9.59 Å². The number of hydrogen-bond acceptors (Lipinski definition) is 4. The average molecular weight is 360 g/mol. The summed E-state index contributed by atoms with van der Waals surface area (Å²) in [6, 6.07) is 3.54. The van der Waals surface area contributed by atoms with Gasteiger partial charge in [0, 0.05) is 17.5 Å². The standard InChI is InChI=1S/C18H24N4O2S/c1-13(2)5-6-17(23)21-10-14-8-19-12-22(14)16(11-21)18(24)20-9-15-4-3-7-25-15/h3-4,7-8,12-13,16H,5-6,9-11H2,1-2H3,(H,20,24)/t16-/m1/s1. The van der Waals surface area contributed by atoms with Crippen molar-refractivity contribution < 1.29 is 9.59 Å². The normalized spacial score (nSPS) is 16.8. The zero-order chi connectivity index (χ0) is 17.8. The third-order valence-corrected chi connectivity index (χ3v) is 5.31. The lowest BCUT2D eigenvalue weighted by Gasteiger charge is -2.34. The molecule has 1 aliphatic heterocycles. The Hall–Kier alpha value is -2.15. The number of nitrogens with one attached hydrogen (secondary N) is 1. The minimum atomic E-state index is -0.422. The summed E-state index contributed by atoms with van der Waals surface area (Å²) >= 11 is 1.62. The van der Waals surface area contributed by atoms with Gasteiger partial charge in [0.15, 0.2) is 0 Å². The largest absolute Gasteiger partial charge is 0.349 e. The van der Waals surface area contributed by atoms with Crippen molar-refractivity contribution in [3.05, 3.63) is 40.6 Å². The van der Waals surface area contributed by atoms with E-state index in [2.05, 4.69) is 24.1 Å². The Morgan fingerprint density at radius 1 is 1.44 bits per heavy atom. The van der Waals surface area contributed by atoms with E-state index in [-0.39, 0.29) is 11.8 Å². The predicted octanol–water partition coefficient (Wildman–Crippen LogP) is 2.58. The SMILES string of the molecule is CC(C)CCC(=O)N1Cc2cncn2[C@@H](C(=O)NCc2cccs2)C1. The number of aromatic nitrogens is 2. The lowest BCUT2D eigenvalue weighted by atomic mass is 10.1. The lowest BCUT2D eigenvalue weighted by molar-refractivity contribution is -0.135. The van der Waals surface area contributed by atoms with Gasteiger partial charge in [-0.3, -0.25) is 9.59 Å². The zero-order valence-corrected chi connectivity index (χ0v) is 15.5. The topological polar surface area (TPSA) is 67.2 Å². The number of carbonyl (C=O) groups is 2. The summed E-state index contributed by atoms with van der Waals surface area (Å²) in [4.78, 5) is 32.3. The smallest absolute Gasteiger partial charge is 0.245 e. The van der Waals surface area contributed by atoms with Gasteiger partial charge < -0.3 is 14.8 Å². The number of nitrogens with zero attached hydrogens (tertiary/aromatic N) is 3. The van der Waals surface area contributed by atoms with Gasteiger partial charge in [-0.15, -0.1) is 11.3 Å². The van der Waals surface area contributed by atoms with Crippen molar-refractivity contribution in [2.75, 3.05) is 6.54 Å². The second kappa shape index (κ2) is 7.82. The summed E-state index contributed by atoms with van der Waals surface area (Å²) in [6.45, 7) is 5.65. The molecule has 2 amide bonds. The van der Waals surface area contributed by atoms with Crippen LogP contribution in [0.2, 0.25) is 0 Å². The Labute approximate surface area is 151 Å². The van der Waals surface area contributed by atoms with Gasteiger partial charge in [-0.25, -0.2) is 4.98 Å². The molecule has 0 fully saturated rings. The summed E-state index contributed by atoms with van der Waals surface area (Å²) in [5, 5.41) is 4.97. The molecule has 0 saturated carbocycles. The second-order valence-electron chi connectivity index (χ2n) is 6.81. The van der Waals surface area contributed by atoms with Gasteiger partial charge in [0.1, 0.15) is 6.04 Å². The van der Waals surface area contributed by atoms with Crippen LogP contribution in [-0.4, -0.2) is 32.8 Å². The van der Waals surface area contributed by atoms with Gasteiger partial charge in [0.2, 0.25) is 11.8 Å². The van der Waals surface area contributed by atoms with Gasteiger partial charge in [-0.2, -0.15) is 0 Å². The lowest BCUT2D eigenvalue weighted by Crippen LogP contribution is -2.46. The van der Waals surface area contributed by atoms with Crippen molar-refractivity contribution in [3.8, 4) is 0 Å². The number of carbonyl (C=O) groups excluding carboxylic acids is 2.